The number of anilines is 1. The molecule has 2 N–H and O–H groups in total. The maximum absolute atomic E-state index is 15.0. The molecule has 222 valence electrons. The molecule has 1 unspecified atom stereocenters. The molecule has 0 radical (unpaired) electrons. The zero-order chi connectivity index (χ0) is 29.5. The van der Waals surface area contributed by atoms with E-state index in [9.17, 15) is 22.9 Å². The summed E-state index contributed by atoms with van der Waals surface area (Å²) in [6.45, 7) is 2.55. The van der Waals surface area contributed by atoms with Crippen LogP contribution in [0.3, 0.4) is 0 Å². The van der Waals surface area contributed by atoms with E-state index < -0.39 is 21.8 Å². The highest BCUT2D eigenvalue weighted by Gasteiger charge is 2.42. The third-order valence-corrected chi connectivity index (χ3v) is 9.80. The van der Waals surface area contributed by atoms with Gasteiger partial charge >= 0.3 is 10.2 Å². The molecule has 2 aromatic carbocycles. The van der Waals surface area contributed by atoms with E-state index in [0.717, 1.165) is 32.0 Å². The molecule has 42 heavy (non-hydrogen) atoms. The van der Waals surface area contributed by atoms with Gasteiger partial charge in [0.15, 0.2) is 11.6 Å². The molecule has 3 aliphatic rings. The van der Waals surface area contributed by atoms with Crippen LogP contribution < -0.4 is 20.3 Å². The monoisotopic (exact) mass is 598 g/mol. The number of methoxy groups -OCH3 is 1. The quantitative estimate of drug-likeness (QED) is 0.419. The molecular weight excluding hydrogens is 567 g/mol. The highest BCUT2D eigenvalue weighted by atomic mass is 32.2. The van der Waals surface area contributed by atoms with Gasteiger partial charge in [0.25, 0.3) is 5.56 Å². The predicted molar refractivity (Wildman–Crippen MR) is 151 cm³/mol. The lowest BCUT2D eigenvalue weighted by Crippen LogP contribution is -2.41. The number of aromatic nitrogens is 2. The van der Waals surface area contributed by atoms with Crippen molar-refractivity contribution in [3.8, 4) is 17.6 Å². The number of nitrogens with one attached hydrogen (secondary N) is 2. The first-order valence-corrected chi connectivity index (χ1v) is 15.2. The van der Waals surface area contributed by atoms with Gasteiger partial charge in [-0.1, -0.05) is 0 Å². The minimum absolute atomic E-state index is 0.0922. The van der Waals surface area contributed by atoms with Crippen molar-refractivity contribution in [2.75, 3.05) is 44.6 Å². The van der Waals surface area contributed by atoms with Crippen LogP contribution >= 0.6 is 0 Å². The molecule has 2 atom stereocenters. The van der Waals surface area contributed by atoms with Crippen LogP contribution in [-0.4, -0.2) is 73.9 Å². The molecule has 12 nitrogen and oxygen atoms in total. The van der Waals surface area contributed by atoms with E-state index in [2.05, 4.69) is 15.0 Å². The van der Waals surface area contributed by atoms with Gasteiger partial charge in [-0.25, -0.2) is 9.37 Å². The van der Waals surface area contributed by atoms with Gasteiger partial charge in [0.05, 0.1) is 47.3 Å². The third kappa shape index (κ3) is 5.34. The lowest BCUT2D eigenvalue weighted by molar-refractivity contribution is -0.0196. The molecule has 0 bridgehead atoms. The fourth-order valence-corrected chi connectivity index (χ4v) is 7.24. The smallest absolute Gasteiger partial charge is 0.301 e. The zero-order valence-electron chi connectivity index (χ0n) is 23.0. The number of hydrogen-bond donors (Lipinski definition) is 2. The SMILES string of the molecule is COC1CCN(S(=O)(=O)Nc2ccc(F)c(Oc3ccc4ncn([C@H]5COC6(CCNCC6)C5)c(=O)c4c3)c2C#N)C1. The van der Waals surface area contributed by atoms with Gasteiger partial charge < -0.3 is 19.5 Å². The van der Waals surface area contributed by atoms with Crippen molar-refractivity contribution >= 4 is 26.8 Å². The number of nitrogens with zero attached hydrogens (tertiary/aromatic N) is 4. The van der Waals surface area contributed by atoms with Gasteiger partial charge in [0.2, 0.25) is 0 Å². The number of piperidine rings is 1. The second-order valence-electron chi connectivity index (χ2n) is 10.9. The van der Waals surface area contributed by atoms with Gasteiger partial charge in [-0.15, -0.1) is 0 Å². The van der Waals surface area contributed by atoms with Crippen molar-refractivity contribution in [2.45, 2.75) is 43.4 Å². The van der Waals surface area contributed by atoms with Gasteiger partial charge in [-0.2, -0.15) is 18.0 Å². The summed E-state index contributed by atoms with van der Waals surface area (Å²) < 4.78 is 63.3. The average molecular weight is 599 g/mol. The number of ether oxygens (including phenoxy) is 3. The van der Waals surface area contributed by atoms with Crippen LogP contribution in [0.25, 0.3) is 10.9 Å². The van der Waals surface area contributed by atoms with E-state index >= 15 is 0 Å². The zero-order valence-corrected chi connectivity index (χ0v) is 23.8. The minimum Gasteiger partial charge on any atom is -0.453 e. The van der Waals surface area contributed by atoms with Gasteiger partial charge in [-0.05, 0) is 69.1 Å². The molecular formula is C28H31FN6O6S. The maximum Gasteiger partial charge on any atom is 0.301 e. The van der Waals surface area contributed by atoms with Crippen molar-refractivity contribution < 1.29 is 27.0 Å². The van der Waals surface area contributed by atoms with Gasteiger partial charge in [0.1, 0.15) is 17.4 Å². The molecule has 3 aromatic rings. The Bertz CT molecular complexity index is 1720. The van der Waals surface area contributed by atoms with Crippen molar-refractivity contribution in [3.05, 3.63) is 58.4 Å². The summed E-state index contributed by atoms with van der Waals surface area (Å²) in [5.74, 6) is -1.24. The molecule has 4 heterocycles. The highest BCUT2D eigenvalue weighted by molar-refractivity contribution is 7.90. The lowest BCUT2D eigenvalue weighted by Gasteiger charge is -2.32. The first-order chi connectivity index (χ1) is 20.2. The summed E-state index contributed by atoms with van der Waals surface area (Å²) in [5.41, 5.74) is -0.561. The normalized spacial score (nSPS) is 22.4. The molecule has 3 aliphatic heterocycles. The second kappa shape index (κ2) is 11.2. The summed E-state index contributed by atoms with van der Waals surface area (Å²) in [4.78, 5) is 18.0. The fourth-order valence-electron chi connectivity index (χ4n) is 5.95. The van der Waals surface area contributed by atoms with Crippen LogP contribution in [0.5, 0.6) is 11.5 Å². The lowest BCUT2D eigenvalue weighted by atomic mass is 9.88. The predicted octanol–water partition coefficient (Wildman–Crippen LogP) is 2.66. The molecule has 1 spiro atoms. The molecule has 3 saturated heterocycles. The van der Waals surface area contributed by atoms with Gasteiger partial charge in [0, 0.05) is 20.2 Å². The Morgan fingerprint density at radius 2 is 2.07 bits per heavy atom. The van der Waals surface area contributed by atoms with Crippen molar-refractivity contribution in [1.82, 2.24) is 19.2 Å². The van der Waals surface area contributed by atoms with E-state index in [1.807, 2.05) is 6.07 Å². The molecule has 0 aliphatic carbocycles. The Kier molecular flexibility index (Phi) is 7.62. The Balaban J connectivity index is 1.28. The average Bonchev–Trinajstić information content (AvgIpc) is 3.64. The van der Waals surface area contributed by atoms with Crippen molar-refractivity contribution in [3.63, 3.8) is 0 Å². The van der Waals surface area contributed by atoms with E-state index in [1.165, 1.54) is 35.9 Å². The minimum atomic E-state index is -4.04. The molecule has 0 amide bonds. The number of rotatable bonds is 7. The topological polar surface area (TPSA) is 148 Å². The number of benzene rings is 2. The van der Waals surface area contributed by atoms with Crippen LogP contribution in [0.1, 0.15) is 37.3 Å². The number of hydrogen-bond acceptors (Lipinski definition) is 9. The Hall–Kier alpha value is -3.61. The van der Waals surface area contributed by atoms with E-state index in [0.29, 0.717) is 25.0 Å². The Morgan fingerprint density at radius 1 is 1.26 bits per heavy atom. The largest absolute Gasteiger partial charge is 0.453 e. The summed E-state index contributed by atoms with van der Waals surface area (Å²) in [7, 11) is -2.53. The maximum atomic E-state index is 15.0. The number of fused-ring (bicyclic) bond motifs is 1. The van der Waals surface area contributed by atoms with Crippen LogP contribution in [0.15, 0.2) is 41.5 Å². The second-order valence-corrected chi connectivity index (χ2v) is 12.5. The summed E-state index contributed by atoms with van der Waals surface area (Å²) in [6.07, 6.45) is 4.29. The highest BCUT2D eigenvalue weighted by Crippen LogP contribution is 2.39. The molecule has 3 fully saturated rings. The van der Waals surface area contributed by atoms with Gasteiger partial charge in [-0.3, -0.25) is 14.1 Å². The standard InChI is InChI=1S/C28H31FN6O6S/c1-39-20-6-11-34(15-20)42(37,38)33-25-5-3-23(29)26(22(25)14-30)41-19-2-4-24-21(12-19)27(36)35(17-32-24)18-13-28(40-16-18)7-9-31-10-8-28/h2-5,12,17-18,20,31,33H,6-11,13,15-16H2,1H3/t18-,20?/m1/s1. The van der Waals surface area contributed by atoms with E-state index in [4.69, 9.17) is 14.2 Å². The van der Waals surface area contributed by atoms with E-state index in [-0.39, 0.29) is 58.8 Å². The summed E-state index contributed by atoms with van der Waals surface area (Å²) >= 11 is 0. The summed E-state index contributed by atoms with van der Waals surface area (Å²) in [6, 6.07) is 8.40. The molecule has 0 saturated carbocycles. The van der Waals surface area contributed by atoms with Crippen LogP contribution in [0.4, 0.5) is 10.1 Å². The van der Waals surface area contributed by atoms with E-state index in [1.54, 1.807) is 10.6 Å². The Labute approximate surface area is 242 Å². The molecule has 1 aromatic heterocycles. The number of nitriles is 1. The number of halogens is 1. The van der Waals surface area contributed by atoms with Crippen molar-refractivity contribution in [2.24, 2.45) is 0 Å². The van der Waals surface area contributed by atoms with Crippen LogP contribution in [-0.2, 0) is 19.7 Å². The first kappa shape index (κ1) is 28.5. The van der Waals surface area contributed by atoms with Crippen LogP contribution in [0, 0.1) is 17.1 Å². The molecule has 14 heteroatoms. The summed E-state index contributed by atoms with van der Waals surface area (Å²) in [5, 5.41) is 13.5. The first-order valence-electron chi connectivity index (χ1n) is 13.8. The third-order valence-electron chi connectivity index (χ3n) is 8.31. The molecule has 6 rings (SSSR count). The van der Waals surface area contributed by atoms with Crippen molar-refractivity contribution in [1.29, 1.82) is 5.26 Å². The fraction of sp³-hybridized carbons (Fsp3) is 0.464. The van der Waals surface area contributed by atoms with Crippen LogP contribution in [0.2, 0.25) is 0 Å². The Morgan fingerprint density at radius 3 is 2.81 bits per heavy atom.